The zero-order valence-corrected chi connectivity index (χ0v) is 9.12. The number of allylic oxidation sites excluding steroid dienone is 2. The number of carbonyl (C=O) groups excluding carboxylic acids is 1. The highest BCUT2D eigenvalue weighted by molar-refractivity contribution is 5.69. The number of aldehydes is 1. The Hall–Kier alpha value is -0.830. The van der Waals surface area contributed by atoms with Crippen LogP contribution in [0.5, 0.6) is 0 Å². The van der Waals surface area contributed by atoms with Gasteiger partial charge < -0.3 is 9.47 Å². The maximum absolute atomic E-state index is 10.5. The molecule has 0 aromatic carbocycles. The third-order valence-corrected chi connectivity index (χ3v) is 1.68. The van der Waals surface area contributed by atoms with Crippen molar-refractivity contribution in [3.8, 4) is 0 Å². The van der Waals surface area contributed by atoms with E-state index < -0.39 is 0 Å². The van der Waals surface area contributed by atoms with E-state index in [2.05, 4.69) is 6.92 Å². The van der Waals surface area contributed by atoms with Crippen molar-refractivity contribution in [2.75, 3.05) is 13.4 Å². The molecule has 0 spiro atoms. The number of unbranched alkanes of at least 4 members (excludes halogenated alkanes) is 2. The van der Waals surface area contributed by atoms with Gasteiger partial charge in [-0.1, -0.05) is 20.3 Å². The molecule has 0 bridgehead atoms. The molecule has 14 heavy (non-hydrogen) atoms. The van der Waals surface area contributed by atoms with Gasteiger partial charge in [0.25, 0.3) is 0 Å². The van der Waals surface area contributed by atoms with E-state index in [9.17, 15) is 4.79 Å². The van der Waals surface area contributed by atoms with Gasteiger partial charge in [0.15, 0.2) is 18.8 Å². The number of hydrogen-bond acceptors (Lipinski definition) is 3. The lowest BCUT2D eigenvalue weighted by molar-refractivity contribution is -0.111. The molecule has 0 heterocycles. The zero-order chi connectivity index (χ0) is 10.6. The van der Waals surface area contributed by atoms with Crippen molar-refractivity contribution in [1.29, 1.82) is 0 Å². The topological polar surface area (TPSA) is 35.5 Å². The molecule has 0 rings (SSSR count). The molecular formula is C11H20O3. The van der Waals surface area contributed by atoms with Crippen LogP contribution in [0.4, 0.5) is 0 Å². The van der Waals surface area contributed by atoms with E-state index in [1.807, 2.05) is 13.0 Å². The summed E-state index contributed by atoms with van der Waals surface area (Å²) in [6.45, 7) is 4.98. The van der Waals surface area contributed by atoms with Gasteiger partial charge in [-0.25, -0.2) is 0 Å². The largest absolute Gasteiger partial charge is 0.464 e. The Bertz CT molecular complexity index is 164. The van der Waals surface area contributed by atoms with Crippen molar-refractivity contribution in [3.05, 3.63) is 11.8 Å². The standard InChI is InChI=1S/C11H20O3/c1-3-5-6-7-11(9-12)14-10-13-8-4-2/h7,9H,3-6,8,10H2,1-2H3/b11-7+. The van der Waals surface area contributed by atoms with Crippen LogP contribution in [0.15, 0.2) is 11.8 Å². The lowest BCUT2D eigenvalue weighted by atomic mass is 10.2. The molecule has 0 N–H and O–H groups in total. The van der Waals surface area contributed by atoms with Gasteiger partial charge in [-0.3, -0.25) is 4.79 Å². The lowest BCUT2D eigenvalue weighted by Crippen LogP contribution is -2.01. The Morgan fingerprint density at radius 2 is 2.07 bits per heavy atom. The van der Waals surface area contributed by atoms with E-state index in [0.29, 0.717) is 12.4 Å². The summed E-state index contributed by atoms with van der Waals surface area (Å²) >= 11 is 0. The third-order valence-electron chi connectivity index (χ3n) is 1.68. The van der Waals surface area contributed by atoms with Crippen LogP contribution in [0.2, 0.25) is 0 Å². The lowest BCUT2D eigenvalue weighted by Gasteiger charge is -2.05. The molecule has 3 nitrogen and oxygen atoms in total. The highest BCUT2D eigenvalue weighted by Gasteiger charge is 1.94. The third kappa shape index (κ3) is 7.80. The van der Waals surface area contributed by atoms with E-state index >= 15 is 0 Å². The van der Waals surface area contributed by atoms with E-state index in [4.69, 9.17) is 9.47 Å². The second-order valence-corrected chi connectivity index (χ2v) is 3.04. The summed E-state index contributed by atoms with van der Waals surface area (Å²) in [6, 6.07) is 0. The Labute approximate surface area is 86.1 Å². The first-order valence-corrected chi connectivity index (χ1v) is 5.21. The predicted octanol–water partition coefficient (Wildman–Crippen LogP) is 2.66. The average molecular weight is 200 g/mol. The quantitative estimate of drug-likeness (QED) is 0.189. The van der Waals surface area contributed by atoms with Crippen molar-refractivity contribution < 1.29 is 14.3 Å². The van der Waals surface area contributed by atoms with Gasteiger partial charge in [-0.2, -0.15) is 0 Å². The summed E-state index contributed by atoms with van der Waals surface area (Å²) in [7, 11) is 0. The first-order chi connectivity index (χ1) is 6.85. The minimum absolute atomic E-state index is 0.171. The fourth-order valence-corrected chi connectivity index (χ4v) is 0.902. The van der Waals surface area contributed by atoms with Crippen molar-refractivity contribution in [2.45, 2.75) is 39.5 Å². The Balaban J connectivity index is 3.56. The average Bonchev–Trinajstić information content (AvgIpc) is 2.22. The van der Waals surface area contributed by atoms with Crippen LogP contribution in [0.1, 0.15) is 39.5 Å². The Kier molecular flexibility index (Phi) is 9.64. The van der Waals surface area contributed by atoms with Gasteiger partial charge in [-0.05, 0) is 25.3 Å². The van der Waals surface area contributed by atoms with Crippen LogP contribution >= 0.6 is 0 Å². The first kappa shape index (κ1) is 13.2. The van der Waals surface area contributed by atoms with Gasteiger partial charge in [0.2, 0.25) is 0 Å². The first-order valence-electron chi connectivity index (χ1n) is 5.21. The van der Waals surface area contributed by atoms with Crippen molar-refractivity contribution in [1.82, 2.24) is 0 Å². The SMILES string of the molecule is CCCC/C=C(\C=O)OCOCCC. The Morgan fingerprint density at radius 1 is 1.29 bits per heavy atom. The molecule has 0 saturated carbocycles. The number of carbonyl (C=O) groups is 1. The number of ether oxygens (including phenoxy) is 2. The summed E-state index contributed by atoms with van der Waals surface area (Å²) in [5.41, 5.74) is 0. The molecule has 0 atom stereocenters. The second-order valence-electron chi connectivity index (χ2n) is 3.04. The fourth-order valence-electron chi connectivity index (χ4n) is 0.902. The molecular weight excluding hydrogens is 180 g/mol. The molecule has 0 aliphatic carbocycles. The maximum Gasteiger partial charge on any atom is 0.189 e. The predicted molar refractivity (Wildman–Crippen MR) is 55.9 cm³/mol. The van der Waals surface area contributed by atoms with Crippen molar-refractivity contribution in [3.63, 3.8) is 0 Å². The highest BCUT2D eigenvalue weighted by Crippen LogP contribution is 2.01. The summed E-state index contributed by atoms with van der Waals surface area (Å²) in [4.78, 5) is 10.5. The molecule has 0 aliphatic heterocycles. The maximum atomic E-state index is 10.5. The molecule has 0 saturated heterocycles. The Morgan fingerprint density at radius 3 is 2.64 bits per heavy atom. The molecule has 0 aromatic rings. The zero-order valence-electron chi connectivity index (χ0n) is 9.12. The van der Waals surface area contributed by atoms with E-state index in [1.165, 1.54) is 0 Å². The van der Waals surface area contributed by atoms with E-state index in [1.54, 1.807) is 0 Å². The van der Waals surface area contributed by atoms with Crippen molar-refractivity contribution in [2.24, 2.45) is 0 Å². The van der Waals surface area contributed by atoms with Gasteiger partial charge in [0, 0.05) is 0 Å². The molecule has 0 amide bonds. The molecule has 0 unspecified atom stereocenters. The van der Waals surface area contributed by atoms with Crippen LogP contribution in [0, 0.1) is 0 Å². The molecule has 0 fully saturated rings. The van der Waals surface area contributed by atoms with E-state index in [0.717, 1.165) is 32.0 Å². The second kappa shape index (κ2) is 10.3. The van der Waals surface area contributed by atoms with Gasteiger partial charge >= 0.3 is 0 Å². The molecule has 0 aromatic heterocycles. The van der Waals surface area contributed by atoms with Crippen molar-refractivity contribution >= 4 is 6.29 Å². The number of rotatable bonds is 9. The molecule has 3 heteroatoms. The van der Waals surface area contributed by atoms with Crippen LogP contribution < -0.4 is 0 Å². The monoisotopic (exact) mass is 200 g/mol. The highest BCUT2D eigenvalue weighted by atomic mass is 16.7. The van der Waals surface area contributed by atoms with Crippen LogP contribution in [-0.2, 0) is 14.3 Å². The molecule has 82 valence electrons. The normalized spacial score (nSPS) is 11.4. The summed E-state index contributed by atoms with van der Waals surface area (Å²) in [5.74, 6) is 0.384. The summed E-state index contributed by atoms with van der Waals surface area (Å²) < 4.78 is 10.2. The number of hydrogen-bond donors (Lipinski definition) is 0. The molecule has 0 radical (unpaired) electrons. The van der Waals surface area contributed by atoms with E-state index in [-0.39, 0.29) is 6.79 Å². The van der Waals surface area contributed by atoms with Crippen LogP contribution in [-0.4, -0.2) is 19.7 Å². The van der Waals surface area contributed by atoms with Gasteiger partial charge in [0.1, 0.15) is 0 Å². The van der Waals surface area contributed by atoms with Crippen LogP contribution in [0.25, 0.3) is 0 Å². The smallest absolute Gasteiger partial charge is 0.189 e. The molecule has 0 aliphatic rings. The van der Waals surface area contributed by atoms with Gasteiger partial charge in [-0.15, -0.1) is 0 Å². The fraction of sp³-hybridized carbons (Fsp3) is 0.727. The minimum Gasteiger partial charge on any atom is -0.464 e. The van der Waals surface area contributed by atoms with Gasteiger partial charge in [0.05, 0.1) is 6.61 Å². The summed E-state index contributed by atoms with van der Waals surface area (Å²) in [5, 5.41) is 0. The minimum atomic E-state index is 0.171. The summed E-state index contributed by atoms with van der Waals surface area (Å²) in [6.07, 6.45) is 6.58. The van der Waals surface area contributed by atoms with Crippen LogP contribution in [0.3, 0.4) is 0 Å².